The lowest BCUT2D eigenvalue weighted by molar-refractivity contribution is 0.0945. The van der Waals surface area contributed by atoms with E-state index in [1.54, 1.807) is 24.4 Å². The van der Waals surface area contributed by atoms with E-state index in [0.29, 0.717) is 5.65 Å². The van der Waals surface area contributed by atoms with Gasteiger partial charge in [0.2, 0.25) is 0 Å². The van der Waals surface area contributed by atoms with Gasteiger partial charge in [0, 0.05) is 29.9 Å². The molecule has 3 aromatic heterocycles. The van der Waals surface area contributed by atoms with Crippen molar-refractivity contribution in [2.24, 2.45) is 5.92 Å². The number of nitrogens with zero attached hydrogens (tertiary/aromatic N) is 3. The van der Waals surface area contributed by atoms with E-state index in [1.165, 1.54) is 35.3 Å². The third-order valence-corrected chi connectivity index (χ3v) is 6.36. The Morgan fingerprint density at radius 1 is 1.09 bits per heavy atom. The first-order valence-electron chi connectivity index (χ1n) is 11.4. The van der Waals surface area contributed by atoms with Gasteiger partial charge in [-0.25, -0.2) is 4.98 Å². The van der Waals surface area contributed by atoms with Gasteiger partial charge in [-0.2, -0.15) is 0 Å². The molecule has 1 amide bonds. The van der Waals surface area contributed by atoms with Crippen molar-refractivity contribution in [2.75, 3.05) is 6.54 Å². The summed E-state index contributed by atoms with van der Waals surface area (Å²) < 4.78 is 1.41. The van der Waals surface area contributed by atoms with Crippen molar-refractivity contribution >= 4 is 22.3 Å². The molecule has 1 aliphatic rings. The SMILES string of the molecule is Cc1nc(CNC(=O)c2cc(=O)n3ccccc3n2)cc2cc(CNCC3CCC3)ccc12. The highest BCUT2D eigenvalue weighted by atomic mass is 16.2. The molecule has 1 fully saturated rings. The molecule has 7 nitrogen and oxygen atoms in total. The zero-order valence-electron chi connectivity index (χ0n) is 18.7. The summed E-state index contributed by atoms with van der Waals surface area (Å²) in [6, 6.07) is 15.0. The molecule has 5 rings (SSSR count). The molecule has 4 aromatic rings. The van der Waals surface area contributed by atoms with E-state index in [-0.39, 0.29) is 17.8 Å². The third-order valence-electron chi connectivity index (χ3n) is 6.36. The average Bonchev–Trinajstić information content (AvgIpc) is 2.79. The van der Waals surface area contributed by atoms with Crippen LogP contribution in [-0.2, 0) is 13.1 Å². The summed E-state index contributed by atoms with van der Waals surface area (Å²) in [6.07, 6.45) is 5.68. The average molecular weight is 442 g/mol. The van der Waals surface area contributed by atoms with Crippen LogP contribution in [0.2, 0.25) is 0 Å². The number of amides is 1. The number of hydrogen-bond donors (Lipinski definition) is 2. The van der Waals surface area contributed by atoms with Crippen LogP contribution in [-0.4, -0.2) is 26.8 Å². The van der Waals surface area contributed by atoms with Crippen LogP contribution in [0.25, 0.3) is 16.4 Å². The van der Waals surface area contributed by atoms with Gasteiger partial charge in [0.15, 0.2) is 0 Å². The molecule has 33 heavy (non-hydrogen) atoms. The van der Waals surface area contributed by atoms with Crippen LogP contribution in [0.1, 0.15) is 46.7 Å². The Balaban J connectivity index is 1.29. The summed E-state index contributed by atoms with van der Waals surface area (Å²) in [5.74, 6) is 0.437. The van der Waals surface area contributed by atoms with Crippen molar-refractivity contribution in [1.82, 2.24) is 25.0 Å². The van der Waals surface area contributed by atoms with Crippen LogP contribution >= 0.6 is 0 Å². The Bertz CT molecular complexity index is 1390. The summed E-state index contributed by atoms with van der Waals surface area (Å²) in [4.78, 5) is 33.9. The maximum atomic E-state index is 12.7. The van der Waals surface area contributed by atoms with Crippen molar-refractivity contribution in [3.63, 3.8) is 0 Å². The number of carbonyl (C=O) groups is 1. The second kappa shape index (κ2) is 9.11. The Morgan fingerprint density at radius 2 is 1.97 bits per heavy atom. The minimum Gasteiger partial charge on any atom is -0.345 e. The Hall–Kier alpha value is -3.58. The van der Waals surface area contributed by atoms with Crippen molar-refractivity contribution in [3.05, 3.63) is 87.7 Å². The topological polar surface area (TPSA) is 88.4 Å². The lowest BCUT2D eigenvalue weighted by atomic mass is 9.85. The van der Waals surface area contributed by atoms with Crippen molar-refractivity contribution in [3.8, 4) is 0 Å². The number of nitrogens with one attached hydrogen (secondary N) is 2. The molecule has 0 atom stereocenters. The molecular weight excluding hydrogens is 414 g/mol. The highest BCUT2D eigenvalue weighted by molar-refractivity contribution is 5.92. The Kier molecular flexibility index (Phi) is 5.88. The number of carbonyl (C=O) groups excluding carboxylic acids is 1. The van der Waals surface area contributed by atoms with Crippen LogP contribution in [0.3, 0.4) is 0 Å². The fourth-order valence-corrected chi connectivity index (χ4v) is 4.30. The summed E-state index contributed by atoms with van der Waals surface area (Å²) in [7, 11) is 0. The van der Waals surface area contributed by atoms with Crippen molar-refractivity contribution in [1.29, 1.82) is 0 Å². The second-order valence-electron chi connectivity index (χ2n) is 8.77. The van der Waals surface area contributed by atoms with Crippen LogP contribution in [0, 0.1) is 12.8 Å². The number of hydrogen-bond acceptors (Lipinski definition) is 5. The van der Waals surface area contributed by atoms with Gasteiger partial charge in [0.25, 0.3) is 11.5 Å². The molecule has 0 spiro atoms. The van der Waals surface area contributed by atoms with Gasteiger partial charge in [-0.3, -0.25) is 19.0 Å². The molecule has 1 saturated carbocycles. The molecule has 168 valence electrons. The molecule has 7 heteroatoms. The molecule has 1 aromatic carbocycles. The molecule has 2 N–H and O–H groups in total. The first kappa shape index (κ1) is 21.3. The molecule has 3 heterocycles. The van der Waals surface area contributed by atoms with Gasteiger partial charge >= 0.3 is 0 Å². The van der Waals surface area contributed by atoms with Gasteiger partial charge < -0.3 is 10.6 Å². The fraction of sp³-hybridized carbons (Fsp3) is 0.308. The predicted molar refractivity (Wildman–Crippen MR) is 128 cm³/mol. The van der Waals surface area contributed by atoms with E-state index in [9.17, 15) is 9.59 Å². The number of aryl methyl sites for hydroxylation is 1. The maximum absolute atomic E-state index is 12.7. The third kappa shape index (κ3) is 4.64. The molecule has 0 unspecified atom stereocenters. The van der Waals surface area contributed by atoms with Gasteiger partial charge in [0.1, 0.15) is 11.3 Å². The zero-order chi connectivity index (χ0) is 22.8. The molecular formula is C26H27N5O2. The van der Waals surface area contributed by atoms with E-state index < -0.39 is 5.91 Å². The smallest absolute Gasteiger partial charge is 0.270 e. The first-order chi connectivity index (χ1) is 16.1. The van der Waals surface area contributed by atoms with Crippen LogP contribution in [0.4, 0.5) is 0 Å². The highest BCUT2D eigenvalue weighted by Crippen LogP contribution is 2.25. The Morgan fingerprint density at radius 3 is 2.79 bits per heavy atom. The summed E-state index contributed by atoms with van der Waals surface area (Å²) >= 11 is 0. The predicted octanol–water partition coefficient (Wildman–Crippen LogP) is 3.37. The van der Waals surface area contributed by atoms with E-state index >= 15 is 0 Å². The van der Waals surface area contributed by atoms with E-state index in [1.807, 2.05) is 13.0 Å². The van der Waals surface area contributed by atoms with Gasteiger partial charge in [-0.05, 0) is 67.4 Å². The normalized spacial score (nSPS) is 13.8. The van der Waals surface area contributed by atoms with Crippen molar-refractivity contribution in [2.45, 2.75) is 39.3 Å². The van der Waals surface area contributed by atoms with E-state index in [0.717, 1.165) is 41.2 Å². The van der Waals surface area contributed by atoms with Crippen molar-refractivity contribution < 1.29 is 4.79 Å². The minimum absolute atomic E-state index is 0.100. The summed E-state index contributed by atoms with van der Waals surface area (Å²) in [6.45, 7) is 4.17. The maximum Gasteiger partial charge on any atom is 0.270 e. The van der Waals surface area contributed by atoms with Gasteiger partial charge in [0.05, 0.1) is 12.2 Å². The van der Waals surface area contributed by atoms with Gasteiger partial charge in [-0.1, -0.05) is 24.6 Å². The molecule has 0 aliphatic heterocycles. The lowest BCUT2D eigenvalue weighted by Crippen LogP contribution is -2.27. The standard InChI is InChI=1S/C26H27N5O2/c1-17-22-9-8-19(15-27-14-18-5-4-6-18)11-20(22)12-21(29-17)16-28-26(33)23-13-25(32)31-10-3-2-7-24(31)30-23/h2-3,7-13,18,27H,4-6,14-16H2,1H3,(H,28,33). The van der Waals surface area contributed by atoms with Crippen LogP contribution in [0.15, 0.2) is 59.5 Å². The van der Waals surface area contributed by atoms with Gasteiger partial charge in [-0.15, -0.1) is 0 Å². The number of benzene rings is 1. The second-order valence-corrected chi connectivity index (χ2v) is 8.77. The Labute approximate surface area is 191 Å². The number of pyridine rings is 2. The number of aromatic nitrogens is 3. The molecule has 0 bridgehead atoms. The highest BCUT2D eigenvalue weighted by Gasteiger charge is 2.16. The molecule has 1 aliphatic carbocycles. The molecule has 0 radical (unpaired) electrons. The van der Waals surface area contributed by atoms with Crippen LogP contribution < -0.4 is 16.2 Å². The minimum atomic E-state index is -0.396. The lowest BCUT2D eigenvalue weighted by Gasteiger charge is -2.25. The molecule has 0 saturated heterocycles. The van der Waals surface area contributed by atoms with E-state index in [2.05, 4.69) is 38.8 Å². The first-order valence-corrected chi connectivity index (χ1v) is 11.4. The largest absolute Gasteiger partial charge is 0.345 e. The van der Waals surface area contributed by atoms with Crippen LogP contribution in [0.5, 0.6) is 0 Å². The quantitative estimate of drug-likeness (QED) is 0.459. The zero-order valence-corrected chi connectivity index (χ0v) is 18.7. The number of fused-ring (bicyclic) bond motifs is 2. The summed E-state index contributed by atoms with van der Waals surface area (Å²) in [5, 5.41) is 8.63. The monoisotopic (exact) mass is 441 g/mol. The summed E-state index contributed by atoms with van der Waals surface area (Å²) in [5.41, 5.74) is 3.18. The number of rotatable bonds is 7. The fourth-order valence-electron chi connectivity index (χ4n) is 4.30. The van der Waals surface area contributed by atoms with E-state index in [4.69, 9.17) is 0 Å².